The Morgan fingerprint density at radius 1 is 1.35 bits per heavy atom. The SMILES string of the molecule is CSc1ccc(C(=O)COCCC2CC2)cc1. The lowest BCUT2D eigenvalue weighted by molar-refractivity contribution is 0.0748. The monoisotopic (exact) mass is 250 g/mol. The summed E-state index contributed by atoms with van der Waals surface area (Å²) in [5.41, 5.74) is 0.745. The molecule has 1 saturated carbocycles. The third kappa shape index (κ3) is 4.17. The first-order valence-corrected chi connectivity index (χ1v) is 7.27. The van der Waals surface area contributed by atoms with Gasteiger partial charge in [-0.1, -0.05) is 25.0 Å². The molecule has 1 aromatic carbocycles. The molecule has 0 spiro atoms. The molecule has 1 fully saturated rings. The van der Waals surface area contributed by atoms with Crippen LogP contribution in [0, 0.1) is 5.92 Å². The van der Waals surface area contributed by atoms with Crippen LogP contribution in [0.4, 0.5) is 0 Å². The van der Waals surface area contributed by atoms with E-state index in [9.17, 15) is 4.79 Å². The van der Waals surface area contributed by atoms with Crippen molar-refractivity contribution in [1.82, 2.24) is 0 Å². The number of hydrogen-bond donors (Lipinski definition) is 0. The van der Waals surface area contributed by atoms with Gasteiger partial charge in [-0.25, -0.2) is 0 Å². The highest BCUT2D eigenvalue weighted by Crippen LogP contribution is 2.32. The summed E-state index contributed by atoms with van der Waals surface area (Å²) in [6.07, 6.45) is 5.82. The number of benzene rings is 1. The molecular weight excluding hydrogens is 232 g/mol. The molecule has 0 saturated heterocycles. The summed E-state index contributed by atoms with van der Waals surface area (Å²) in [5, 5.41) is 0. The first-order chi connectivity index (χ1) is 8.29. The summed E-state index contributed by atoms with van der Waals surface area (Å²) < 4.78 is 5.40. The summed E-state index contributed by atoms with van der Waals surface area (Å²) in [4.78, 5) is 12.9. The molecule has 17 heavy (non-hydrogen) atoms. The van der Waals surface area contributed by atoms with Gasteiger partial charge in [0.05, 0.1) is 0 Å². The highest BCUT2D eigenvalue weighted by atomic mass is 32.2. The van der Waals surface area contributed by atoms with Crippen molar-refractivity contribution in [3.63, 3.8) is 0 Å². The van der Waals surface area contributed by atoms with Gasteiger partial charge in [0.2, 0.25) is 0 Å². The molecular formula is C14H18O2S. The smallest absolute Gasteiger partial charge is 0.188 e. The van der Waals surface area contributed by atoms with Crippen molar-refractivity contribution >= 4 is 17.5 Å². The van der Waals surface area contributed by atoms with Gasteiger partial charge in [-0.05, 0) is 30.7 Å². The second-order valence-electron chi connectivity index (χ2n) is 4.44. The van der Waals surface area contributed by atoms with Crippen LogP contribution in [0.1, 0.15) is 29.6 Å². The largest absolute Gasteiger partial charge is 0.373 e. The number of ether oxygens (including phenoxy) is 1. The van der Waals surface area contributed by atoms with Crippen molar-refractivity contribution in [3.05, 3.63) is 29.8 Å². The lowest BCUT2D eigenvalue weighted by atomic mass is 10.1. The number of hydrogen-bond acceptors (Lipinski definition) is 3. The molecule has 92 valence electrons. The Morgan fingerprint density at radius 2 is 2.06 bits per heavy atom. The number of carbonyl (C=O) groups is 1. The van der Waals surface area contributed by atoms with E-state index in [1.165, 1.54) is 17.7 Å². The van der Waals surface area contributed by atoms with Crippen LogP contribution in [0.2, 0.25) is 0 Å². The Morgan fingerprint density at radius 3 is 2.65 bits per heavy atom. The van der Waals surface area contributed by atoms with Crippen molar-refractivity contribution in [2.24, 2.45) is 5.92 Å². The van der Waals surface area contributed by atoms with E-state index in [2.05, 4.69) is 0 Å². The van der Waals surface area contributed by atoms with Crippen molar-refractivity contribution in [2.75, 3.05) is 19.5 Å². The second kappa shape index (κ2) is 6.22. The average Bonchev–Trinajstić information content (AvgIpc) is 3.18. The molecule has 3 heteroatoms. The van der Waals surface area contributed by atoms with Crippen LogP contribution < -0.4 is 0 Å². The summed E-state index contributed by atoms with van der Waals surface area (Å²) >= 11 is 1.68. The summed E-state index contributed by atoms with van der Waals surface area (Å²) in [7, 11) is 0. The van der Waals surface area contributed by atoms with Crippen LogP contribution in [0.3, 0.4) is 0 Å². The maximum absolute atomic E-state index is 11.8. The Hall–Kier alpha value is -0.800. The molecule has 1 aliphatic carbocycles. The zero-order chi connectivity index (χ0) is 12.1. The molecule has 0 amide bonds. The molecule has 0 aromatic heterocycles. The van der Waals surface area contributed by atoms with Gasteiger partial charge in [0.15, 0.2) is 5.78 Å². The molecule has 0 heterocycles. The third-order valence-electron chi connectivity index (χ3n) is 3.01. The quantitative estimate of drug-likeness (QED) is 0.421. The minimum absolute atomic E-state index is 0.0773. The number of Topliss-reactive ketones (excluding diaryl/α,β-unsaturated/α-hetero) is 1. The van der Waals surface area contributed by atoms with Crippen molar-refractivity contribution in [2.45, 2.75) is 24.2 Å². The van der Waals surface area contributed by atoms with Gasteiger partial charge in [0.1, 0.15) is 6.61 Å². The highest BCUT2D eigenvalue weighted by Gasteiger charge is 2.20. The second-order valence-corrected chi connectivity index (χ2v) is 5.32. The lowest BCUT2D eigenvalue weighted by Crippen LogP contribution is -2.10. The average molecular weight is 250 g/mol. The van der Waals surface area contributed by atoms with Gasteiger partial charge in [0.25, 0.3) is 0 Å². The van der Waals surface area contributed by atoms with E-state index >= 15 is 0 Å². The number of ketones is 1. The molecule has 2 nitrogen and oxygen atoms in total. The lowest BCUT2D eigenvalue weighted by Gasteiger charge is -2.04. The van der Waals surface area contributed by atoms with Crippen LogP contribution in [-0.2, 0) is 4.74 Å². The third-order valence-corrected chi connectivity index (χ3v) is 3.76. The number of rotatable bonds is 7. The maximum Gasteiger partial charge on any atom is 0.188 e. The predicted molar refractivity (Wildman–Crippen MR) is 70.7 cm³/mol. The van der Waals surface area contributed by atoms with Crippen LogP contribution >= 0.6 is 11.8 Å². The fraction of sp³-hybridized carbons (Fsp3) is 0.500. The van der Waals surface area contributed by atoms with Gasteiger partial charge in [0, 0.05) is 17.1 Å². The molecule has 0 aliphatic heterocycles. The van der Waals surface area contributed by atoms with Gasteiger partial charge in [-0.3, -0.25) is 4.79 Å². The minimum atomic E-state index is 0.0773. The topological polar surface area (TPSA) is 26.3 Å². The van der Waals surface area contributed by atoms with E-state index in [-0.39, 0.29) is 12.4 Å². The van der Waals surface area contributed by atoms with E-state index < -0.39 is 0 Å². The predicted octanol–water partition coefficient (Wildman–Crippen LogP) is 3.41. The van der Waals surface area contributed by atoms with E-state index in [4.69, 9.17) is 4.74 Å². The molecule has 1 aliphatic rings. The van der Waals surface area contributed by atoms with Gasteiger partial charge in [-0.15, -0.1) is 11.8 Å². The number of carbonyl (C=O) groups excluding carboxylic acids is 1. The van der Waals surface area contributed by atoms with E-state index in [0.717, 1.165) is 24.5 Å². The highest BCUT2D eigenvalue weighted by molar-refractivity contribution is 7.98. The molecule has 0 N–H and O–H groups in total. The fourth-order valence-corrected chi connectivity index (χ4v) is 2.09. The zero-order valence-corrected chi connectivity index (χ0v) is 11.0. The van der Waals surface area contributed by atoms with Crippen molar-refractivity contribution < 1.29 is 9.53 Å². The first kappa shape index (κ1) is 12.7. The molecule has 0 radical (unpaired) electrons. The van der Waals surface area contributed by atoms with E-state index in [1.54, 1.807) is 11.8 Å². The number of thioether (sulfide) groups is 1. The van der Waals surface area contributed by atoms with Crippen molar-refractivity contribution in [1.29, 1.82) is 0 Å². The molecule has 1 aromatic rings. The van der Waals surface area contributed by atoms with Gasteiger partial charge in [-0.2, -0.15) is 0 Å². The molecule has 2 rings (SSSR count). The van der Waals surface area contributed by atoms with E-state index in [1.807, 2.05) is 30.5 Å². The maximum atomic E-state index is 11.8. The van der Waals surface area contributed by atoms with Crippen molar-refractivity contribution in [3.8, 4) is 0 Å². The fourth-order valence-electron chi connectivity index (χ4n) is 1.68. The summed E-state index contributed by atoms with van der Waals surface area (Å²) in [6, 6.07) is 7.70. The summed E-state index contributed by atoms with van der Waals surface area (Å²) in [6.45, 7) is 0.935. The molecule has 0 bridgehead atoms. The Balaban J connectivity index is 1.73. The van der Waals surface area contributed by atoms with Crippen LogP contribution in [-0.4, -0.2) is 25.3 Å². The Labute approximate surface area is 107 Å². The normalized spacial score (nSPS) is 14.9. The first-order valence-electron chi connectivity index (χ1n) is 6.04. The minimum Gasteiger partial charge on any atom is -0.373 e. The Bertz CT molecular complexity index is 368. The Kier molecular flexibility index (Phi) is 4.63. The molecule has 0 atom stereocenters. The van der Waals surface area contributed by atoms with Crippen LogP contribution in [0.25, 0.3) is 0 Å². The zero-order valence-electron chi connectivity index (χ0n) is 10.1. The summed E-state index contributed by atoms with van der Waals surface area (Å²) in [5.74, 6) is 0.944. The van der Waals surface area contributed by atoms with Crippen LogP contribution in [0.15, 0.2) is 29.2 Å². The van der Waals surface area contributed by atoms with Crippen LogP contribution in [0.5, 0.6) is 0 Å². The standard InChI is InChI=1S/C14H18O2S/c1-17-13-6-4-12(5-7-13)14(15)10-16-9-8-11-2-3-11/h4-7,11H,2-3,8-10H2,1H3. The van der Waals surface area contributed by atoms with E-state index in [0.29, 0.717) is 0 Å². The van der Waals surface area contributed by atoms with Gasteiger partial charge < -0.3 is 4.74 Å². The molecule has 0 unspecified atom stereocenters. The van der Waals surface area contributed by atoms with Gasteiger partial charge >= 0.3 is 0 Å².